The number of methoxy groups -OCH3 is 2. The van der Waals surface area contributed by atoms with Crippen molar-refractivity contribution in [2.45, 2.75) is 34.3 Å². The van der Waals surface area contributed by atoms with Crippen LogP contribution < -0.4 is 10.6 Å². The van der Waals surface area contributed by atoms with Crippen molar-refractivity contribution in [2.75, 3.05) is 64.2 Å². The molecule has 2 aromatic rings. The lowest BCUT2D eigenvalue weighted by Crippen LogP contribution is -2.35. The zero-order valence-electron chi connectivity index (χ0n) is 18.3. The Hall–Kier alpha value is -2.06. The first-order chi connectivity index (χ1) is 15.5. The molecule has 0 amide bonds. The summed E-state index contributed by atoms with van der Waals surface area (Å²) in [6.07, 6.45) is 4.24. The molecule has 2 N–H and O–H groups in total. The van der Waals surface area contributed by atoms with Crippen molar-refractivity contribution in [3.05, 3.63) is 18.3 Å². The van der Waals surface area contributed by atoms with Crippen LogP contribution in [0.2, 0.25) is 0 Å². The lowest BCUT2D eigenvalue weighted by Gasteiger charge is -2.25. The molecule has 0 atom stereocenters. The number of sulfonamides is 1. The maximum atomic E-state index is 12.8. The molecule has 32 heavy (non-hydrogen) atoms. The fraction of sp³-hybridized carbons (Fsp3) is 0.579. The van der Waals surface area contributed by atoms with Gasteiger partial charge < -0.3 is 20.1 Å². The molecule has 0 radical (unpaired) electrons. The molecule has 0 aliphatic carbocycles. The van der Waals surface area contributed by atoms with Crippen LogP contribution in [0.25, 0.3) is 0 Å². The van der Waals surface area contributed by atoms with Crippen LogP contribution in [0.15, 0.2) is 33.4 Å². The van der Waals surface area contributed by atoms with E-state index in [9.17, 15) is 8.42 Å². The predicted octanol–water partition coefficient (Wildman–Crippen LogP) is 1.71. The molecule has 1 aliphatic heterocycles. The van der Waals surface area contributed by atoms with Crippen LogP contribution in [-0.2, 0) is 19.5 Å². The fourth-order valence-corrected chi connectivity index (χ4v) is 5.17. The first-order valence-electron chi connectivity index (χ1n) is 10.4. The van der Waals surface area contributed by atoms with Gasteiger partial charge in [-0.2, -0.15) is 19.3 Å². The van der Waals surface area contributed by atoms with Crippen molar-refractivity contribution in [2.24, 2.45) is 0 Å². The Morgan fingerprint density at radius 3 is 2.12 bits per heavy atom. The smallest absolute Gasteiger partial charge is 0.244 e. The van der Waals surface area contributed by atoms with Gasteiger partial charge in [0.25, 0.3) is 0 Å². The highest BCUT2D eigenvalue weighted by atomic mass is 32.2. The molecule has 3 rings (SSSR count). The number of aromatic nitrogens is 4. The fourth-order valence-electron chi connectivity index (χ4n) is 3.02. The topological polar surface area (TPSA) is 131 Å². The van der Waals surface area contributed by atoms with Crippen molar-refractivity contribution >= 4 is 33.7 Å². The van der Waals surface area contributed by atoms with E-state index in [0.29, 0.717) is 61.5 Å². The largest absolute Gasteiger partial charge is 0.383 e. The van der Waals surface area contributed by atoms with Gasteiger partial charge in [0.05, 0.1) is 13.2 Å². The Morgan fingerprint density at radius 1 is 0.969 bits per heavy atom. The highest BCUT2D eigenvalue weighted by Crippen LogP contribution is 2.26. The van der Waals surface area contributed by atoms with Crippen LogP contribution in [0.1, 0.15) is 19.3 Å². The molecule has 3 heterocycles. The maximum Gasteiger partial charge on any atom is 0.244 e. The number of rotatable bonds is 12. The van der Waals surface area contributed by atoms with Crippen LogP contribution in [0.4, 0.5) is 11.9 Å². The minimum Gasteiger partial charge on any atom is -0.383 e. The first-order valence-corrected chi connectivity index (χ1v) is 12.6. The van der Waals surface area contributed by atoms with Gasteiger partial charge in [-0.15, -0.1) is 0 Å². The molecule has 1 saturated heterocycles. The van der Waals surface area contributed by atoms with E-state index in [4.69, 9.17) is 9.47 Å². The van der Waals surface area contributed by atoms with Crippen LogP contribution in [-0.4, -0.2) is 86.3 Å². The summed E-state index contributed by atoms with van der Waals surface area (Å²) in [6, 6.07) is 3.25. The van der Waals surface area contributed by atoms with Crippen LogP contribution >= 0.6 is 11.8 Å². The Morgan fingerprint density at radius 2 is 1.59 bits per heavy atom. The van der Waals surface area contributed by atoms with E-state index in [1.54, 1.807) is 26.4 Å². The lowest BCUT2D eigenvalue weighted by atomic mass is 10.2. The zero-order valence-corrected chi connectivity index (χ0v) is 19.9. The van der Waals surface area contributed by atoms with Gasteiger partial charge in [-0.3, -0.25) is 0 Å². The van der Waals surface area contributed by atoms with Gasteiger partial charge in [0, 0.05) is 46.6 Å². The summed E-state index contributed by atoms with van der Waals surface area (Å²) in [6.45, 7) is 3.22. The van der Waals surface area contributed by atoms with Crippen molar-refractivity contribution in [1.82, 2.24) is 24.2 Å². The van der Waals surface area contributed by atoms with Gasteiger partial charge in [-0.1, -0.05) is 6.42 Å². The Bertz CT molecular complexity index is 926. The monoisotopic (exact) mass is 483 g/mol. The Labute approximate surface area is 192 Å². The van der Waals surface area contributed by atoms with E-state index < -0.39 is 10.0 Å². The predicted molar refractivity (Wildman–Crippen MR) is 122 cm³/mol. The van der Waals surface area contributed by atoms with Crippen molar-refractivity contribution in [3.8, 4) is 0 Å². The zero-order chi connectivity index (χ0) is 22.8. The summed E-state index contributed by atoms with van der Waals surface area (Å²) in [5.74, 6) is 0.813. The summed E-state index contributed by atoms with van der Waals surface area (Å²) in [4.78, 5) is 17.7. The third kappa shape index (κ3) is 6.97. The molecule has 1 fully saturated rings. The highest BCUT2D eigenvalue weighted by molar-refractivity contribution is 7.99. The second-order valence-electron chi connectivity index (χ2n) is 7.00. The van der Waals surface area contributed by atoms with E-state index in [0.717, 1.165) is 19.3 Å². The van der Waals surface area contributed by atoms with E-state index in [1.807, 2.05) is 0 Å². The molecule has 13 heteroatoms. The van der Waals surface area contributed by atoms with Gasteiger partial charge in [0.1, 0.15) is 9.92 Å². The number of nitrogens with zero attached hydrogens (tertiary/aromatic N) is 5. The number of nitrogens with one attached hydrogen (secondary N) is 2. The molecular weight excluding hydrogens is 454 g/mol. The average Bonchev–Trinajstić information content (AvgIpc) is 2.80. The lowest BCUT2D eigenvalue weighted by molar-refractivity contribution is 0.210. The van der Waals surface area contributed by atoms with Gasteiger partial charge in [-0.25, -0.2) is 13.4 Å². The minimum absolute atomic E-state index is 0.197. The highest BCUT2D eigenvalue weighted by Gasteiger charge is 2.26. The van der Waals surface area contributed by atoms with Gasteiger partial charge >= 0.3 is 0 Å². The number of pyridine rings is 1. The molecular formula is C19H29N7O4S2. The normalized spacial score (nSPS) is 14.9. The quantitative estimate of drug-likeness (QED) is 0.428. The SMILES string of the molecule is COCCNc1nc(NCCOC)nc(Sc2ccc(S(=O)(=O)N3CCCCC3)cn2)n1. The van der Waals surface area contributed by atoms with Crippen LogP contribution in [0.3, 0.4) is 0 Å². The molecule has 0 aromatic carbocycles. The van der Waals surface area contributed by atoms with Crippen LogP contribution in [0, 0.1) is 0 Å². The molecule has 0 saturated carbocycles. The summed E-state index contributed by atoms with van der Waals surface area (Å²) in [5.41, 5.74) is 0. The van der Waals surface area contributed by atoms with Gasteiger partial charge in [-0.05, 0) is 36.7 Å². The maximum absolute atomic E-state index is 12.8. The van der Waals surface area contributed by atoms with Gasteiger partial charge in [0.15, 0.2) is 0 Å². The number of hydrogen-bond donors (Lipinski definition) is 2. The molecule has 2 aromatic heterocycles. The van der Waals surface area contributed by atoms with Crippen molar-refractivity contribution in [1.29, 1.82) is 0 Å². The second kappa shape index (κ2) is 12.3. The Balaban J connectivity index is 1.73. The molecule has 1 aliphatic rings. The third-order valence-corrected chi connectivity index (χ3v) is 7.35. The second-order valence-corrected chi connectivity index (χ2v) is 9.93. The molecule has 0 spiro atoms. The molecule has 0 unspecified atom stereocenters. The summed E-state index contributed by atoms with van der Waals surface area (Å²) < 4.78 is 37.2. The number of anilines is 2. The molecule has 176 valence electrons. The summed E-state index contributed by atoms with van der Waals surface area (Å²) in [5, 5.41) is 7.19. The standard InChI is InChI=1S/C19H29N7O4S2/c1-29-12-8-20-17-23-18(21-9-13-30-2)25-19(24-17)31-16-7-6-15(14-22-16)32(27,28)26-10-4-3-5-11-26/h6-7,14H,3-5,8-13H2,1-2H3,(H2,20,21,23,24,25). The van der Waals surface area contributed by atoms with E-state index in [-0.39, 0.29) is 4.90 Å². The molecule has 0 bridgehead atoms. The molecule has 11 nitrogen and oxygen atoms in total. The van der Waals surface area contributed by atoms with Crippen molar-refractivity contribution < 1.29 is 17.9 Å². The number of hydrogen-bond acceptors (Lipinski definition) is 11. The summed E-state index contributed by atoms with van der Waals surface area (Å²) >= 11 is 1.23. The third-order valence-electron chi connectivity index (χ3n) is 4.65. The van der Waals surface area contributed by atoms with Gasteiger partial charge in [0.2, 0.25) is 27.1 Å². The van der Waals surface area contributed by atoms with E-state index in [2.05, 4.69) is 30.6 Å². The minimum atomic E-state index is -3.51. The number of ether oxygens (including phenoxy) is 2. The van der Waals surface area contributed by atoms with Crippen molar-refractivity contribution in [3.63, 3.8) is 0 Å². The number of piperidine rings is 1. The van der Waals surface area contributed by atoms with Crippen LogP contribution in [0.5, 0.6) is 0 Å². The Kier molecular flexibility index (Phi) is 9.41. The first kappa shape index (κ1) is 24.6. The van der Waals surface area contributed by atoms with E-state index in [1.165, 1.54) is 22.3 Å². The van der Waals surface area contributed by atoms with E-state index >= 15 is 0 Å². The summed E-state index contributed by atoms with van der Waals surface area (Å²) in [7, 11) is -0.274. The average molecular weight is 484 g/mol.